The van der Waals surface area contributed by atoms with Gasteiger partial charge in [-0.3, -0.25) is 0 Å². The Kier molecular flexibility index (Phi) is 20.4. The van der Waals surface area contributed by atoms with E-state index in [4.69, 9.17) is 28.4 Å². The smallest absolute Gasteiger partial charge is 0.0717 e. The van der Waals surface area contributed by atoms with Gasteiger partial charge in [0, 0.05) is 16.7 Å². The van der Waals surface area contributed by atoms with Crippen molar-refractivity contribution >= 4 is 0 Å². The molecule has 0 aliphatic heterocycles. The van der Waals surface area contributed by atoms with Crippen LogP contribution < -0.4 is 0 Å². The molecule has 0 bridgehead atoms. The third-order valence-corrected chi connectivity index (χ3v) is 8.43. The average molecular weight is 699 g/mol. The third kappa shape index (κ3) is 17.6. The quantitative estimate of drug-likeness (QED) is 0.0687. The summed E-state index contributed by atoms with van der Waals surface area (Å²) in [5, 5.41) is 0. The van der Waals surface area contributed by atoms with Crippen molar-refractivity contribution in [1.29, 1.82) is 0 Å². The van der Waals surface area contributed by atoms with Crippen molar-refractivity contribution in [3.63, 3.8) is 0 Å². The fraction of sp³-hybridized carbons (Fsp3) is 0.467. The maximum atomic E-state index is 6.38. The van der Waals surface area contributed by atoms with Crippen molar-refractivity contribution in [3.05, 3.63) is 144 Å². The molecule has 0 saturated carbocycles. The molecule has 0 radical (unpaired) electrons. The molecule has 0 aromatic heterocycles. The Bertz CT molecular complexity index is 1190. The first-order valence-corrected chi connectivity index (χ1v) is 18.6. The molecule has 6 heteroatoms. The molecular formula is C45H62O6. The number of hydrogen-bond acceptors (Lipinski definition) is 6. The minimum atomic E-state index is -0.298. The van der Waals surface area contributed by atoms with Crippen molar-refractivity contribution in [2.24, 2.45) is 16.7 Å². The molecule has 0 amide bonds. The van der Waals surface area contributed by atoms with E-state index >= 15 is 0 Å². The fourth-order valence-corrected chi connectivity index (χ4v) is 5.44. The Balaban J connectivity index is 0.00000345. The van der Waals surface area contributed by atoms with Gasteiger partial charge in [-0.15, -0.1) is 0 Å². The van der Waals surface area contributed by atoms with Crippen LogP contribution >= 0.6 is 0 Å². The largest absolute Gasteiger partial charge is 0.380 e. The van der Waals surface area contributed by atoms with Crippen LogP contribution in [0.15, 0.2) is 121 Å². The SMILES string of the molecule is CC.CCC(COCC(C)(COCc1ccccc1)COCc1ccccc1)COCC(C)(COCc1ccccc1)COCc1ccccc1. The van der Waals surface area contributed by atoms with E-state index in [2.05, 4.69) is 69.3 Å². The lowest BCUT2D eigenvalue weighted by molar-refractivity contribution is -0.0878. The van der Waals surface area contributed by atoms with Gasteiger partial charge in [0.2, 0.25) is 0 Å². The molecule has 0 atom stereocenters. The van der Waals surface area contributed by atoms with Crippen LogP contribution in [0.1, 0.15) is 63.3 Å². The maximum absolute atomic E-state index is 6.38. The van der Waals surface area contributed by atoms with Crippen LogP contribution in [-0.4, -0.2) is 52.9 Å². The van der Waals surface area contributed by atoms with E-state index < -0.39 is 0 Å². The zero-order valence-corrected chi connectivity index (χ0v) is 31.8. The van der Waals surface area contributed by atoms with Crippen LogP contribution in [0.3, 0.4) is 0 Å². The lowest BCUT2D eigenvalue weighted by atomic mass is 9.94. The maximum Gasteiger partial charge on any atom is 0.0717 e. The van der Waals surface area contributed by atoms with E-state index in [1.807, 2.05) is 86.6 Å². The minimum Gasteiger partial charge on any atom is -0.380 e. The molecular weight excluding hydrogens is 636 g/mol. The van der Waals surface area contributed by atoms with Gasteiger partial charge in [-0.1, -0.05) is 156 Å². The molecule has 0 heterocycles. The standard InChI is InChI=1S/C43H56O6.C2H6/c1-4-37(25-44-31-42(2,33-46-27-38-17-9-5-10-18-38)34-47-28-39-19-11-6-12-20-39)26-45-32-43(3,35-48-29-40-21-13-7-14-22-40)36-49-30-41-23-15-8-16-24-41;1-2/h5-24,37H,4,25-36H2,1-3H3;1-2H3. The molecule has 0 spiro atoms. The summed E-state index contributed by atoms with van der Waals surface area (Å²) in [7, 11) is 0. The van der Waals surface area contributed by atoms with Crippen LogP contribution in [-0.2, 0) is 54.8 Å². The number of rotatable bonds is 25. The van der Waals surface area contributed by atoms with E-state index in [0.717, 1.165) is 28.7 Å². The lowest BCUT2D eigenvalue weighted by Gasteiger charge is -2.31. The van der Waals surface area contributed by atoms with Gasteiger partial charge >= 0.3 is 0 Å². The summed E-state index contributed by atoms with van der Waals surface area (Å²) in [5.41, 5.74) is 4.02. The zero-order chi connectivity index (χ0) is 36.5. The van der Waals surface area contributed by atoms with Crippen molar-refractivity contribution < 1.29 is 28.4 Å². The van der Waals surface area contributed by atoms with Gasteiger partial charge in [-0.05, 0) is 28.7 Å². The number of hydrogen-bond donors (Lipinski definition) is 0. The Labute approximate surface area is 308 Å². The zero-order valence-electron chi connectivity index (χ0n) is 31.8. The highest BCUT2D eigenvalue weighted by Crippen LogP contribution is 2.23. The van der Waals surface area contributed by atoms with Gasteiger partial charge in [0.05, 0.1) is 79.3 Å². The predicted molar refractivity (Wildman–Crippen MR) is 207 cm³/mol. The van der Waals surface area contributed by atoms with E-state index in [0.29, 0.717) is 79.3 Å². The van der Waals surface area contributed by atoms with Crippen molar-refractivity contribution in [1.82, 2.24) is 0 Å². The summed E-state index contributed by atoms with van der Waals surface area (Å²) >= 11 is 0. The normalized spacial score (nSPS) is 11.7. The Morgan fingerprint density at radius 2 is 0.627 bits per heavy atom. The fourth-order valence-electron chi connectivity index (χ4n) is 5.44. The lowest BCUT2D eigenvalue weighted by Crippen LogP contribution is -2.36. The van der Waals surface area contributed by atoms with Crippen LogP contribution in [0.4, 0.5) is 0 Å². The van der Waals surface area contributed by atoms with Crippen molar-refractivity contribution in [2.75, 3.05) is 52.9 Å². The van der Waals surface area contributed by atoms with E-state index in [1.165, 1.54) is 0 Å². The number of ether oxygens (including phenoxy) is 6. The van der Waals surface area contributed by atoms with E-state index in [-0.39, 0.29) is 16.7 Å². The second-order valence-electron chi connectivity index (χ2n) is 13.8. The summed E-state index contributed by atoms with van der Waals surface area (Å²) in [6, 6.07) is 41.1. The van der Waals surface area contributed by atoms with Gasteiger partial charge in [-0.2, -0.15) is 0 Å². The topological polar surface area (TPSA) is 55.4 Å². The highest BCUT2D eigenvalue weighted by atomic mass is 16.5. The Hall–Kier alpha value is -3.36. The first-order valence-electron chi connectivity index (χ1n) is 18.6. The average Bonchev–Trinajstić information content (AvgIpc) is 3.17. The molecule has 0 unspecified atom stereocenters. The minimum absolute atomic E-state index is 0.263. The van der Waals surface area contributed by atoms with Crippen molar-refractivity contribution in [3.8, 4) is 0 Å². The summed E-state index contributed by atoms with van der Waals surface area (Å²) < 4.78 is 37.5. The molecule has 4 rings (SSSR count). The molecule has 0 N–H and O–H groups in total. The van der Waals surface area contributed by atoms with E-state index in [1.54, 1.807) is 0 Å². The molecule has 278 valence electrons. The van der Waals surface area contributed by atoms with Crippen molar-refractivity contribution in [2.45, 2.75) is 67.5 Å². The monoisotopic (exact) mass is 698 g/mol. The molecule has 4 aromatic rings. The van der Waals surface area contributed by atoms with Gasteiger partial charge < -0.3 is 28.4 Å². The molecule has 51 heavy (non-hydrogen) atoms. The number of benzene rings is 4. The van der Waals surface area contributed by atoms with Crippen LogP contribution in [0.5, 0.6) is 0 Å². The first-order chi connectivity index (χ1) is 25.0. The third-order valence-electron chi connectivity index (χ3n) is 8.43. The van der Waals surface area contributed by atoms with Gasteiger partial charge in [0.25, 0.3) is 0 Å². The first kappa shape index (κ1) is 42.1. The van der Waals surface area contributed by atoms with Crippen LogP contribution in [0.2, 0.25) is 0 Å². The van der Waals surface area contributed by atoms with Gasteiger partial charge in [0.15, 0.2) is 0 Å². The molecule has 4 aromatic carbocycles. The molecule has 6 nitrogen and oxygen atoms in total. The molecule has 0 aliphatic rings. The van der Waals surface area contributed by atoms with Crippen LogP contribution in [0, 0.1) is 16.7 Å². The Morgan fingerprint density at radius 3 is 0.863 bits per heavy atom. The van der Waals surface area contributed by atoms with Gasteiger partial charge in [0.1, 0.15) is 0 Å². The summed E-state index contributed by atoms with van der Waals surface area (Å²) in [4.78, 5) is 0. The molecule has 0 fully saturated rings. The van der Waals surface area contributed by atoms with Crippen LogP contribution in [0.25, 0.3) is 0 Å². The Morgan fingerprint density at radius 1 is 0.392 bits per heavy atom. The summed E-state index contributed by atoms with van der Waals surface area (Å²) in [5.74, 6) is 0.263. The highest BCUT2D eigenvalue weighted by Gasteiger charge is 2.28. The van der Waals surface area contributed by atoms with Gasteiger partial charge in [-0.25, -0.2) is 0 Å². The second kappa shape index (κ2) is 24.8. The molecule has 0 saturated heterocycles. The molecule has 0 aliphatic carbocycles. The second-order valence-corrected chi connectivity index (χ2v) is 13.8. The predicted octanol–water partition coefficient (Wildman–Crippen LogP) is 9.95. The summed E-state index contributed by atoms with van der Waals surface area (Å²) in [6.07, 6.45) is 0.956. The highest BCUT2D eigenvalue weighted by molar-refractivity contribution is 5.15. The summed E-state index contributed by atoms with van der Waals surface area (Å²) in [6.45, 7) is 17.2. The van der Waals surface area contributed by atoms with E-state index in [9.17, 15) is 0 Å².